The second-order valence-electron chi connectivity index (χ2n) is 4.53. The Morgan fingerprint density at radius 2 is 2.19 bits per heavy atom. The van der Waals surface area contributed by atoms with Crippen LogP contribution in [-0.2, 0) is 6.54 Å². The third kappa shape index (κ3) is 2.73. The normalized spacial score (nSPS) is 10.8. The van der Waals surface area contributed by atoms with Crippen LogP contribution in [0.25, 0.3) is 10.9 Å². The number of methoxy groups -OCH3 is 1. The number of fused-ring (bicyclic) bond motifs is 1. The third-order valence-corrected chi connectivity index (χ3v) is 3.50. The largest absolute Gasteiger partial charge is 0.497 e. The van der Waals surface area contributed by atoms with Crippen LogP contribution in [0.1, 0.15) is 5.56 Å². The van der Waals surface area contributed by atoms with Gasteiger partial charge in [-0.1, -0.05) is 11.6 Å². The van der Waals surface area contributed by atoms with Crippen molar-refractivity contribution < 1.29 is 4.74 Å². The van der Waals surface area contributed by atoms with Crippen LogP contribution in [0.15, 0.2) is 47.5 Å². The minimum atomic E-state index is -0.316. The molecule has 0 fully saturated rings. The Bertz CT molecular complexity index is 861. The van der Waals surface area contributed by atoms with E-state index in [1.54, 1.807) is 19.4 Å². The molecule has 0 saturated heterocycles. The summed E-state index contributed by atoms with van der Waals surface area (Å²) in [5.41, 5.74) is 1.20. The number of pyridine rings is 1. The first-order valence-electron chi connectivity index (χ1n) is 6.32. The summed E-state index contributed by atoms with van der Waals surface area (Å²) in [6.45, 7) is 0.334. The van der Waals surface area contributed by atoms with E-state index in [9.17, 15) is 4.79 Å². The highest BCUT2D eigenvalue weighted by Crippen LogP contribution is 2.24. The zero-order valence-electron chi connectivity index (χ0n) is 11.3. The van der Waals surface area contributed by atoms with E-state index in [-0.39, 0.29) is 5.69 Å². The van der Waals surface area contributed by atoms with Gasteiger partial charge in [0.15, 0.2) is 0 Å². The van der Waals surface area contributed by atoms with Crippen LogP contribution in [-0.4, -0.2) is 21.6 Å². The van der Waals surface area contributed by atoms with Crippen molar-refractivity contribution in [3.05, 3.63) is 63.9 Å². The number of halogens is 1. The Hall–Kier alpha value is -2.40. The van der Waals surface area contributed by atoms with Gasteiger partial charge in [-0.15, -0.1) is 0 Å². The van der Waals surface area contributed by atoms with Gasteiger partial charge in [0.1, 0.15) is 10.9 Å². The Balaban J connectivity index is 2.05. The van der Waals surface area contributed by atoms with Crippen LogP contribution in [0.2, 0.25) is 5.15 Å². The zero-order chi connectivity index (χ0) is 14.8. The number of hydrogen-bond donors (Lipinski definition) is 0. The van der Waals surface area contributed by atoms with E-state index in [0.29, 0.717) is 11.7 Å². The van der Waals surface area contributed by atoms with Crippen LogP contribution >= 0.6 is 11.6 Å². The van der Waals surface area contributed by atoms with Gasteiger partial charge in [0.2, 0.25) is 0 Å². The van der Waals surface area contributed by atoms with Crippen molar-refractivity contribution >= 4 is 22.5 Å². The number of hydrogen-bond acceptors (Lipinski definition) is 4. The van der Waals surface area contributed by atoms with Gasteiger partial charge in [-0.2, -0.15) is 0 Å². The Morgan fingerprint density at radius 3 is 2.95 bits per heavy atom. The molecule has 0 radical (unpaired) electrons. The average molecular weight is 302 g/mol. The van der Waals surface area contributed by atoms with E-state index in [1.165, 1.54) is 10.8 Å². The predicted molar refractivity (Wildman–Crippen MR) is 80.9 cm³/mol. The van der Waals surface area contributed by atoms with Crippen molar-refractivity contribution in [2.45, 2.75) is 6.54 Å². The van der Waals surface area contributed by atoms with Crippen molar-refractivity contribution in [2.75, 3.05) is 7.11 Å². The molecule has 0 aliphatic heterocycles. The number of aromatic nitrogens is 3. The lowest BCUT2D eigenvalue weighted by molar-refractivity contribution is 0.415. The van der Waals surface area contributed by atoms with Crippen molar-refractivity contribution in [3.63, 3.8) is 0 Å². The van der Waals surface area contributed by atoms with Crippen molar-refractivity contribution in [3.8, 4) is 5.75 Å². The Kier molecular flexibility index (Phi) is 3.58. The Labute approximate surface area is 125 Å². The van der Waals surface area contributed by atoms with Crippen molar-refractivity contribution in [1.82, 2.24) is 14.5 Å². The summed E-state index contributed by atoms with van der Waals surface area (Å²) in [5.74, 6) is 0.724. The maximum Gasteiger partial charge on any atom is 0.347 e. The lowest BCUT2D eigenvalue weighted by Gasteiger charge is -2.08. The van der Waals surface area contributed by atoms with Crippen LogP contribution in [0.5, 0.6) is 5.75 Å². The second kappa shape index (κ2) is 5.54. The van der Waals surface area contributed by atoms with Gasteiger partial charge < -0.3 is 4.74 Å². The molecule has 0 atom stereocenters. The molecule has 3 rings (SSSR count). The molecule has 5 nitrogen and oxygen atoms in total. The highest BCUT2D eigenvalue weighted by Gasteiger charge is 2.07. The van der Waals surface area contributed by atoms with E-state index in [1.807, 2.05) is 24.3 Å². The number of nitrogens with zero attached hydrogens (tertiary/aromatic N) is 3. The molecule has 1 aromatic carbocycles. The summed E-state index contributed by atoms with van der Waals surface area (Å²) < 4.78 is 6.65. The van der Waals surface area contributed by atoms with Gasteiger partial charge in [-0.05, 0) is 24.3 Å². The summed E-state index contributed by atoms with van der Waals surface area (Å²) in [4.78, 5) is 19.7. The first-order chi connectivity index (χ1) is 10.2. The highest BCUT2D eigenvalue weighted by molar-refractivity contribution is 6.30. The minimum absolute atomic E-state index is 0.316. The van der Waals surface area contributed by atoms with Gasteiger partial charge in [0.05, 0.1) is 19.2 Å². The summed E-state index contributed by atoms with van der Waals surface area (Å²) >= 11 is 6.21. The fourth-order valence-electron chi connectivity index (χ4n) is 2.10. The molecule has 0 spiro atoms. The maximum absolute atomic E-state index is 11.7. The van der Waals surface area contributed by atoms with E-state index < -0.39 is 0 Å². The molecule has 0 bridgehead atoms. The van der Waals surface area contributed by atoms with Crippen molar-refractivity contribution in [1.29, 1.82) is 0 Å². The van der Waals surface area contributed by atoms with Gasteiger partial charge >= 0.3 is 5.69 Å². The van der Waals surface area contributed by atoms with E-state index in [4.69, 9.17) is 16.3 Å². The summed E-state index contributed by atoms with van der Waals surface area (Å²) in [7, 11) is 1.60. The number of rotatable bonds is 3. The van der Waals surface area contributed by atoms with Gasteiger partial charge in [-0.25, -0.2) is 14.8 Å². The molecule has 2 heterocycles. The first-order valence-corrected chi connectivity index (χ1v) is 6.70. The van der Waals surface area contributed by atoms with Crippen LogP contribution in [0.3, 0.4) is 0 Å². The minimum Gasteiger partial charge on any atom is -0.497 e. The molecule has 0 N–H and O–H groups in total. The molecule has 2 aromatic heterocycles. The highest BCUT2D eigenvalue weighted by atomic mass is 35.5. The van der Waals surface area contributed by atoms with E-state index >= 15 is 0 Å². The molecule has 0 aliphatic carbocycles. The summed E-state index contributed by atoms with van der Waals surface area (Å²) in [6, 6.07) is 9.21. The third-order valence-electron chi connectivity index (χ3n) is 3.17. The van der Waals surface area contributed by atoms with Crippen LogP contribution in [0.4, 0.5) is 0 Å². The Morgan fingerprint density at radius 1 is 1.33 bits per heavy atom. The lowest BCUT2D eigenvalue weighted by Crippen LogP contribution is -2.22. The monoisotopic (exact) mass is 301 g/mol. The topological polar surface area (TPSA) is 57.0 Å². The molecule has 0 saturated carbocycles. The molecule has 3 aromatic rings. The maximum atomic E-state index is 11.7. The van der Waals surface area contributed by atoms with Gasteiger partial charge in [-0.3, -0.25) is 4.57 Å². The second-order valence-corrected chi connectivity index (χ2v) is 4.89. The molecule has 0 amide bonds. The quantitative estimate of drug-likeness (QED) is 0.698. The molecule has 6 heteroatoms. The standard InChI is InChI=1S/C15H12ClN3O2/c1-21-12-4-3-10-7-11(14(16)18-13(10)8-12)9-19-6-2-5-17-15(19)20/h2-8H,9H2,1H3. The van der Waals surface area contributed by atoms with Crippen LogP contribution < -0.4 is 10.4 Å². The van der Waals surface area contributed by atoms with E-state index in [0.717, 1.165) is 22.2 Å². The summed E-state index contributed by atoms with van der Waals surface area (Å²) in [6.07, 6.45) is 3.13. The van der Waals surface area contributed by atoms with Crippen LogP contribution in [0, 0.1) is 0 Å². The predicted octanol–water partition coefficient (Wildman–Crippen LogP) is 2.50. The van der Waals surface area contributed by atoms with Gasteiger partial charge in [0.25, 0.3) is 0 Å². The SMILES string of the molecule is COc1ccc2cc(Cn3cccnc3=O)c(Cl)nc2c1. The fourth-order valence-corrected chi connectivity index (χ4v) is 2.30. The molecule has 106 valence electrons. The number of ether oxygens (including phenoxy) is 1. The number of benzene rings is 1. The molecular formula is C15H12ClN3O2. The molecular weight excluding hydrogens is 290 g/mol. The fraction of sp³-hybridized carbons (Fsp3) is 0.133. The van der Waals surface area contributed by atoms with Gasteiger partial charge in [0, 0.05) is 29.4 Å². The average Bonchev–Trinajstić information content (AvgIpc) is 2.49. The lowest BCUT2D eigenvalue weighted by atomic mass is 10.1. The molecule has 0 aliphatic rings. The summed E-state index contributed by atoms with van der Waals surface area (Å²) in [5, 5.41) is 1.30. The molecule has 0 unspecified atom stereocenters. The zero-order valence-corrected chi connectivity index (χ0v) is 12.0. The first kappa shape index (κ1) is 13.6. The smallest absolute Gasteiger partial charge is 0.347 e. The molecule has 21 heavy (non-hydrogen) atoms. The van der Waals surface area contributed by atoms with E-state index in [2.05, 4.69) is 9.97 Å². The van der Waals surface area contributed by atoms with Crippen molar-refractivity contribution in [2.24, 2.45) is 0 Å².